The first-order valence-corrected chi connectivity index (χ1v) is 10.6. The third-order valence-corrected chi connectivity index (χ3v) is 5.86. The van der Waals surface area contributed by atoms with E-state index in [2.05, 4.69) is 20.6 Å². The number of anilines is 2. The highest BCUT2D eigenvalue weighted by Gasteiger charge is 2.24. The van der Waals surface area contributed by atoms with Gasteiger partial charge in [0.25, 0.3) is 5.69 Å². The lowest BCUT2D eigenvalue weighted by atomic mass is 10.2. The minimum atomic E-state index is -0.546. The van der Waals surface area contributed by atoms with Crippen LogP contribution in [0.25, 0.3) is 10.9 Å². The zero-order valence-electron chi connectivity index (χ0n) is 16.0. The van der Waals surface area contributed by atoms with Gasteiger partial charge in [-0.3, -0.25) is 14.9 Å². The molecule has 1 fully saturated rings. The number of thioether (sulfide) groups is 1. The van der Waals surface area contributed by atoms with Crippen LogP contribution in [0, 0.1) is 10.1 Å². The highest BCUT2D eigenvalue weighted by molar-refractivity contribution is 8.00. The van der Waals surface area contributed by atoms with Gasteiger partial charge in [-0.25, -0.2) is 9.97 Å². The number of nitrogens with zero attached hydrogens (tertiary/aromatic N) is 3. The molecule has 1 aliphatic carbocycles. The molecule has 154 valence electrons. The molecular formula is C20H18ClN5O3S. The van der Waals surface area contributed by atoms with Crippen molar-refractivity contribution in [2.45, 2.75) is 36.2 Å². The Bertz CT molecular complexity index is 1140. The van der Waals surface area contributed by atoms with Crippen molar-refractivity contribution in [2.24, 2.45) is 0 Å². The number of hydrogen-bond acceptors (Lipinski definition) is 7. The Morgan fingerprint density at radius 1 is 1.27 bits per heavy atom. The molecule has 1 saturated carbocycles. The topological polar surface area (TPSA) is 110 Å². The number of benzene rings is 2. The van der Waals surface area contributed by atoms with Crippen LogP contribution in [0.1, 0.15) is 19.8 Å². The van der Waals surface area contributed by atoms with Crippen molar-refractivity contribution in [1.29, 1.82) is 0 Å². The highest BCUT2D eigenvalue weighted by atomic mass is 35.5. The molecule has 1 heterocycles. The number of nitrogens with one attached hydrogen (secondary N) is 2. The van der Waals surface area contributed by atoms with E-state index in [1.165, 1.54) is 30.0 Å². The lowest BCUT2D eigenvalue weighted by Crippen LogP contribution is -2.23. The molecule has 0 bridgehead atoms. The summed E-state index contributed by atoms with van der Waals surface area (Å²) in [6.45, 7) is 1.72. The highest BCUT2D eigenvalue weighted by Crippen LogP contribution is 2.32. The molecule has 1 aromatic heterocycles. The molecule has 3 aromatic rings. The smallest absolute Gasteiger partial charge is 0.271 e. The summed E-state index contributed by atoms with van der Waals surface area (Å²) in [4.78, 5) is 32.3. The monoisotopic (exact) mass is 443 g/mol. The normalized spacial score (nSPS) is 14.3. The first kappa shape index (κ1) is 20.4. The van der Waals surface area contributed by atoms with Crippen LogP contribution < -0.4 is 10.6 Å². The van der Waals surface area contributed by atoms with Gasteiger partial charge < -0.3 is 10.6 Å². The fourth-order valence-corrected chi connectivity index (χ4v) is 3.75. The van der Waals surface area contributed by atoms with Crippen molar-refractivity contribution in [3.63, 3.8) is 0 Å². The van der Waals surface area contributed by atoms with Gasteiger partial charge in [0.2, 0.25) is 5.91 Å². The summed E-state index contributed by atoms with van der Waals surface area (Å²) in [6, 6.07) is 12.1. The summed E-state index contributed by atoms with van der Waals surface area (Å²) in [6.07, 6.45) is 2.23. The van der Waals surface area contributed by atoms with Crippen LogP contribution in [0.4, 0.5) is 17.2 Å². The summed E-state index contributed by atoms with van der Waals surface area (Å²) in [5, 5.41) is 18.1. The number of carbonyl (C=O) groups is 1. The molecule has 1 unspecified atom stereocenters. The average Bonchev–Trinajstić information content (AvgIpc) is 3.53. The molecule has 1 amide bonds. The van der Waals surface area contributed by atoms with E-state index in [0.29, 0.717) is 11.2 Å². The van der Waals surface area contributed by atoms with Gasteiger partial charge in [0.15, 0.2) is 5.16 Å². The number of nitro groups is 1. The minimum absolute atomic E-state index is 0.149. The Labute approximate surface area is 181 Å². The van der Waals surface area contributed by atoms with Crippen LogP contribution in [0.15, 0.2) is 47.6 Å². The van der Waals surface area contributed by atoms with E-state index in [1.807, 2.05) is 24.3 Å². The first-order chi connectivity index (χ1) is 14.4. The Morgan fingerprint density at radius 3 is 2.77 bits per heavy atom. The van der Waals surface area contributed by atoms with Crippen molar-refractivity contribution in [1.82, 2.24) is 9.97 Å². The average molecular weight is 444 g/mol. The van der Waals surface area contributed by atoms with Crippen molar-refractivity contribution >= 4 is 57.4 Å². The predicted octanol–water partition coefficient (Wildman–Crippen LogP) is 4.89. The van der Waals surface area contributed by atoms with Gasteiger partial charge in [-0.15, -0.1) is 0 Å². The van der Waals surface area contributed by atoms with E-state index in [4.69, 9.17) is 11.6 Å². The summed E-state index contributed by atoms with van der Waals surface area (Å²) >= 11 is 7.29. The van der Waals surface area contributed by atoms with Gasteiger partial charge in [-0.05, 0) is 38.0 Å². The second kappa shape index (κ2) is 8.45. The van der Waals surface area contributed by atoms with E-state index >= 15 is 0 Å². The summed E-state index contributed by atoms with van der Waals surface area (Å²) in [5.74, 6) is 0.413. The maximum Gasteiger partial charge on any atom is 0.271 e. The predicted molar refractivity (Wildman–Crippen MR) is 118 cm³/mol. The fourth-order valence-electron chi connectivity index (χ4n) is 2.81. The van der Waals surface area contributed by atoms with Gasteiger partial charge in [0.1, 0.15) is 5.82 Å². The van der Waals surface area contributed by atoms with Crippen molar-refractivity contribution in [3.05, 3.63) is 57.6 Å². The van der Waals surface area contributed by atoms with Crippen LogP contribution in [0.3, 0.4) is 0 Å². The van der Waals surface area contributed by atoms with Gasteiger partial charge in [-0.1, -0.05) is 35.5 Å². The lowest BCUT2D eigenvalue weighted by Gasteiger charge is -2.14. The zero-order valence-corrected chi connectivity index (χ0v) is 17.5. The van der Waals surface area contributed by atoms with Crippen molar-refractivity contribution in [3.8, 4) is 0 Å². The van der Waals surface area contributed by atoms with Crippen molar-refractivity contribution < 1.29 is 9.72 Å². The van der Waals surface area contributed by atoms with Gasteiger partial charge >= 0.3 is 0 Å². The Morgan fingerprint density at radius 2 is 2.03 bits per heavy atom. The maximum absolute atomic E-state index is 12.7. The van der Waals surface area contributed by atoms with Crippen LogP contribution in [-0.4, -0.2) is 32.1 Å². The summed E-state index contributed by atoms with van der Waals surface area (Å²) < 4.78 is 0. The van der Waals surface area contributed by atoms with E-state index in [0.717, 1.165) is 29.6 Å². The number of rotatable bonds is 7. The fraction of sp³-hybridized carbons (Fsp3) is 0.250. The Hall–Kier alpha value is -2.91. The summed E-state index contributed by atoms with van der Waals surface area (Å²) in [7, 11) is 0. The number of nitro benzene ring substituents is 1. The molecule has 2 aromatic carbocycles. The molecule has 0 aliphatic heterocycles. The molecule has 2 N–H and O–H groups in total. The van der Waals surface area contributed by atoms with Gasteiger partial charge in [-0.2, -0.15) is 0 Å². The molecule has 1 aliphatic rings. The molecule has 4 rings (SSSR count). The number of halogens is 1. The minimum Gasteiger partial charge on any atom is -0.367 e. The number of fused-ring (bicyclic) bond motifs is 1. The van der Waals surface area contributed by atoms with E-state index in [1.54, 1.807) is 6.92 Å². The SMILES string of the molecule is CC(Sc1nc(NC2CC2)c2ccccc2n1)C(=O)Nc1cc([N+](=O)[O-])ccc1Cl. The van der Waals surface area contributed by atoms with E-state index in [9.17, 15) is 14.9 Å². The number of para-hydroxylation sites is 1. The first-order valence-electron chi connectivity index (χ1n) is 9.35. The number of amides is 1. The number of hydrogen-bond donors (Lipinski definition) is 2. The largest absolute Gasteiger partial charge is 0.367 e. The third kappa shape index (κ3) is 4.63. The second-order valence-electron chi connectivity index (χ2n) is 6.96. The van der Waals surface area contributed by atoms with E-state index in [-0.39, 0.29) is 22.3 Å². The summed E-state index contributed by atoms with van der Waals surface area (Å²) in [5.41, 5.74) is 0.843. The Kier molecular flexibility index (Phi) is 5.74. The molecule has 10 heteroatoms. The van der Waals surface area contributed by atoms with Crippen LogP contribution in [0.5, 0.6) is 0 Å². The molecule has 30 heavy (non-hydrogen) atoms. The quantitative estimate of drug-likeness (QED) is 0.231. The van der Waals surface area contributed by atoms with Crippen molar-refractivity contribution in [2.75, 3.05) is 10.6 Å². The van der Waals surface area contributed by atoms with Crippen LogP contribution in [0.2, 0.25) is 5.02 Å². The molecule has 0 spiro atoms. The maximum atomic E-state index is 12.7. The molecule has 0 saturated heterocycles. The molecule has 1 atom stereocenters. The molecule has 8 nitrogen and oxygen atoms in total. The van der Waals surface area contributed by atoms with Crippen LogP contribution >= 0.6 is 23.4 Å². The number of carbonyl (C=O) groups excluding carboxylic acids is 1. The number of aromatic nitrogens is 2. The number of non-ortho nitro benzene ring substituents is 1. The van der Waals surface area contributed by atoms with Gasteiger partial charge in [0.05, 0.1) is 26.4 Å². The second-order valence-corrected chi connectivity index (χ2v) is 8.68. The standard InChI is InChI=1S/C20H18ClN5O3S/c1-11(19(27)23-17-10-13(26(28)29)8-9-15(17)21)30-20-24-16-5-3-2-4-14(16)18(25-20)22-12-6-7-12/h2-5,8-12H,6-7H2,1H3,(H,23,27)(H,22,24,25). The van der Waals surface area contributed by atoms with Gasteiger partial charge in [0, 0.05) is 23.6 Å². The van der Waals surface area contributed by atoms with E-state index < -0.39 is 10.2 Å². The zero-order chi connectivity index (χ0) is 21.3. The molecular weight excluding hydrogens is 426 g/mol. The van der Waals surface area contributed by atoms with Crippen LogP contribution in [-0.2, 0) is 4.79 Å². The lowest BCUT2D eigenvalue weighted by molar-refractivity contribution is -0.384. The molecule has 0 radical (unpaired) electrons. The Balaban J connectivity index is 1.52. The third-order valence-electron chi connectivity index (χ3n) is 4.57.